The van der Waals surface area contributed by atoms with Gasteiger partial charge in [-0.1, -0.05) is 36.4 Å². The topological polar surface area (TPSA) is 42.2 Å². The normalized spacial score (nSPS) is 14.1. The van der Waals surface area contributed by atoms with Crippen LogP contribution in [0.25, 0.3) is 21.8 Å². The second-order valence-corrected chi connectivity index (χ2v) is 6.36. The zero-order valence-electron chi connectivity index (χ0n) is 13.8. The van der Waals surface area contributed by atoms with E-state index in [0.717, 1.165) is 41.7 Å². The van der Waals surface area contributed by atoms with Gasteiger partial charge in [0, 0.05) is 35.6 Å². The van der Waals surface area contributed by atoms with Gasteiger partial charge in [0.05, 0.1) is 22.9 Å². The maximum atomic E-state index is 4.72. The van der Waals surface area contributed by atoms with E-state index in [-0.39, 0.29) is 0 Å². The quantitative estimate of drug-likeness (QED) is 0.540. The highest BCUT2D eigenvalue weighted by molar-refractivity contribution is 6.06. The van der Waals surface area contributed by atoms with Gasteiger partial charge in [0.2, 0.25) is 0 Å². The van der Waals surface area contributed by atoms with Crippen molar-refractivity contribution in [3.05, 3.63) is 66.4 Å². The lowest BCUT2D eigenvalue weighted by Gasteiger charge is -2.18. The summed E-state index contributed by atoms with van der Waals surface area (Å²) < 4.78 is 2.36. The van der Waals surface area contributed by atoms with Crippen molar-refractivity contribution in [1.82, 2.24) is 9.55 Å². The van der Waals surface area contributed by atoms with Gasteiger partial charge in [-0.3, -0.25) is 9.98 Å². The molecule has 0 fully saturated rings. The van der Waals surface area contributed by atoms with Gasteiger partial charge >= 0.3 is 0 Å². The minimum absolute atomic E-state index is 0.874. The number of nitrogens with zero attached hydrogens (tertiary/aromatic N) is 3. The standard InChI is InChI=1S/C21H18N4/c1-3-8-19-15(6-1)12-16(13-24-19)23-14-18-17-7-2-4-9-20(17)25-11-5-10-22-21(18)25/h1-4,6-9,12-14,22H,5,10-11H2. The monoisotopic (exact) mass is 326 g/mol. The Morgan fingerprint density at radius 3 is 2.96 bits per heavy atom. The Bertz CT molecular complexity index is 1110. The van der Waals surface area contributed by atoms with E-state index in [0.29, 0.717) is 0 Å². The number of aliphatic imine (C=N–C) groups is 1. The number of hydrogen-bond donors (Lipinski definition) is 1. The molecule has 4 aromatic rings. The number of fused-ring (bicyclic) bond motifs is 4. The molecule has 4 nitrogen and oxygen atoms in total. The molecule has 25 heavy (non-hydrogen) atoms. The first-order valence-electron chi connectivity index (χ1n) is 8.64. The Hall–Kier alpha value is -3.14. The number of aryl methyl sites for hydroxylation is 1. The summed E-state index contributed by atoms with van der Waals surface area (Å²) in [7, 11) is 0. The van der Waals surface area contributed by atoms with Gasteiger partial charge in [-0.15, -0.1) is 0 Å². The molecule has 1 aliphatic rings. The summed E-state index contributed by atoms with van der Waals surface area (Å²) in [5.74, 6) is 1.17. The predicted octanol–water partition coefficient (Wildman–Crippen LogP) is 4.76. The van der Waals surface area contributed by atoms with E-state index in [4.69, 9.17) is 4.99 Å². The smallest absolute Gasteiger partial charge is 0.116 e. The van der Waals surface area contributed by atoms with Crippen LogP contribution in [0.15, 0.2) is 65.8 Å². The molecule has 0 radical (unpaired) electrons. The van der Waals surface area contributed by atoms with E-state index in [2.05, 4.69) is 51.3 Å². The van der Waals surface area contributed by atoms with Crippen LogP contribution in [0.1, 0.15) is 12.0 Å². The van der Waals surface area contributed by atoms with Crippen molar-refractivity contribution in [1.29, 1.82) is 0 Å². The Morgan fingerprint density at radius 1 is 1.08 bits per heavy atom. The molecule has 0 atom stereocenters. The lowest BCUT2D eigenvalue weighted by Crippen LogP contribution is -2.17. The predicted molar refractivity (Wildman–Crippen MR) is 104 cm³/mol. The average molecular weight is 326 g/mol. The summed E-state index contributed by atoms with van der Waals surface area (Å²) >= 11 is 0. The van der Waals surface area contributed by atoms with Crippen LogP contribution in [0, 0.1) is 0 Å². The molecule has 0 amide bonds. The number of aromatic nitrogens is 2. The molecule has 1 aliphatic heterocycles. The molecule has 2 aromatic heterocycles. The van der Waals surface area contributed by atoms with Crippen molar-refractivity contribution in [2.75, 3.05) is 11.9 Å². The van der Waals surface area contributed by atoms with Crippen LogP contribution < -0.4 is 5.32 Å². The summed E-state index contributed by atoms with van der Waals surface area (Å²) in [6.45, 7) is 2.06. The van der Waals surface area contributed by atoms with Crippen molar-refractivity contribution in [2.24, 2.45) is 4.99 Å². The summed E-state index contributed by atoms with van der Waals surface area (Å²) in [5.41, 5.74) is 4.29. The molecule has 4 heteroatoms. The fourth-order valence-corrected chi connectivity index (χ4v) is 3.60. The third-order valence-electron chi connectivity index (χ3n) is 4.78. The van der Waals surface area contributed by atoms with Gasteiger partial charge in [0.15, 0.2) is 0 Å². The molecular formula is C21H18N4. The van der Waals surface area contributed by atoms with Crippen molar-refractivity contribution in [2.45, 2.75) is 13.0 Å². The van der Waals surface area contributed by atoms with E-state index < -0.39 is 0 Å². The summed E-state index contributed by atoms with van der Waals surface area (Å²) in [5, 5.41) is 5.89. The van der Waals surface area contributed by atoms with Crippen molar-refractivity contribution < 1.29 is 0 Å². The van der Waals surface area contributed by atoms with E-state index in [9.17, 15) is 0 Å². The number of nitrogens with one attached hydrogen (secondary N) is 1. The van der Waals surface area contributed by atoms with Crippen LogP contribution in [-0.2, 0) is 6.54 Å². The second-order valence-electron chi connectivity index (χ2n) is 6.36. The van der Waals surface area contributed by atoms with Gasteiger partial charge in [-0.2, -0.15) is 0 Å². The maximum absolute atomic E-state index is 4.72. The second kappa shape index (κ2) is 5.74. The number of benzene rings is 2. The molecule has 0 saturated heterocycles. The van der Waals surface area contributed by atoms with Crippen LogP contribution in [0.4, 0.5) is 11.5 Å². The molecule has 2 aromatic carbocycles. The average Bonchev–Trinajstić information content (AvgIpc) is 3.00. The van der Waals surface area contributed by atoms with Gasteiger partial charge < -0.3 is 9.88 Å². The van der Waals surface area contributed by atoms with Gasteiger partial charge in [-0.05, 0) is 24.6 Å². The van der Waals surface area contributed by atoms with Gasteiger partial charge in [-0.25, -0.2) is 0 Å². The first-order chi connectivity index (χ1) is 12.4. The number of para-hydroxylation sites is 2. The zero-order valence-corrected chi connectivity index (χ0v) is 13.8. The number of hydrogen-bond acceptors (Lipinski definition) is 3. The Kier molecular flexibility index (Phi) is 3.27. The number of rotatable bonds is 2. The van der Waals surface area contributed by atoms with E-state index in [1.165, 1.54) is 16.7 Å². The van der Waals surface area contributed by atoms with Crippen LogP contribution in [-0.4, -0.2) is 22.3 Å². The lowest BCUT2D eigenvalue weighted by atomic mass is 10.2. The fraction of sp³-hybridized carbons (Fsp3) is 0.143. The summed E-state index contributed by atoms with van der Waals surface area (Å²) in [6.07, 6.45) is 4.95. The first-order valence-corrected chi connectivity index (χ1v) is 8.64. The van der Waals surface area contributed by atoms with Gasteiger partial charge in [0.25, 0.3) is 0 Å². The third kappa shape index (κ3) is 2.38. The maximum Gasteiger partial charge on any atom is 0.116 e. The van der Waals surface area contributed by atoms with Crippen molar-refractivity contribution in [3.63, 3.8) is 0 Å². The molecular weight excluding hydrogens is 308 g/mol. The molecule has 0 unspecified atom stereocenters. The number of anilines is 1. The first kappa shape index (κ1) is 14.2. The van der Waals surface area contributed by atoms with Crippen molar-refractivity contribution >= 4 is 39.5 Å². The Balaban J connectivity index is 1.62. The summed E-state index contributed by atoms with van der Waals surface area (Å²) in [4.78, 5) is 9.21. The SMILES string of the molecule is C(=Nc1cnc2ccccc2c1)c1c2n(c3ccccc13)CCCN2. The minimum Gasteiger partial charge on any atom is -0.371 e. The summed E-state index contributed by atoms with van der Waals surface area (Å²) in [6, 6.07) is 18.7. The highest BCUT2D eigenvalue weighted by Crippen LogP contribution is 2.31. The molecule has 0 saturated carbocycles. The molecule has 5 rings (SSSR count). The molecule has 122 valence electrons. The zero-order chi connectivity index (χ0) is 16.6. The Morgan fingerprint density at radius 2 is 1.96 bits per heavy atom. The van der Waals surface area contributed by atoms with Crippen LogP contribution in [0.5, 0.6) is 0 Å². The van der Waals surface area contributed by atoms with E-state index >= 15 is 0 Å². The van der Waals surface area contributed by atoms with Crippen LogP contribution in [0.3, 0.4) is 0 Å². The Labute approximate surface area is 145 Å². The largest absolute Gasteiger partial charge is 0.371 e. The molecule has 1 N–H and O–H groups in total. The van der Waals surface area contributed by atoms with Gasteiger partial charge in [0.1, 0.15) is 5.82 Å². The van der Waals surface area contributed by atoms with E-state index in [1.807, 2.05) is 30.6 Å². The fourth-order valence-electron chi connectivity index (χ4n) is 3.60. The highest BCUT2D eigenvalue weighted by Gasteiger charge is 2.17. The van der Waals surface area contributed by atoms with Crippen molar-refractivity contribution in [3.8, 4) is 0 Å². The molecule has 0 aliphatic carbocycles. The number of pyridine rings is 1. The minimum atomic E-state index is 0.874. The van der Waals surface area contributed by atoms with Crippen LogP contribution >= 0.6 is 0 Å². The van der Waals surface area contributed by atoms with E-state index in [1.54, 1.807) is 0 Å². The third-order valence-corrected chi connectivity index (χ3v) is 4.78. The molecule has 0 bridgehead atoms. The van der Waals surface area contributed by atoms with Crippen LogP contribution in [0.2, 0.25) is 0 Å². The molecule has 3 heterocycles. The lowest BCUT2D eigenvalue weighted by molar-refractivity contribution is 0.649. The molecule has 0 spiro atoms. The highest BCUT2D eigenvalue weighted by atomic mass is 15.1.